The molecule has 1 amide bonds. The van der Waals surface area contributed by atoms with Gasteiger partial charge in [0, 0.05) is 10.2 Å². The van der Waals surface area contributed by atoms with E-state index in [1.807, 2.05) is 0 Å². The van der Waals surface area contributed by atoms with Crippen molar-refractivity contribution in [1.29, 1.82) is 0 Å². The lowest BCUT2D eigenvalue weighted by Crippen LogP contribution is -2.30. The lowest BCUT2D eigenvalue weighted by atomic mass is 10.1. The van der Waals surface area contributed by atoms with Crippen LogP contribution in [0.5, 0.6) is 0 Å². The molecule has 0 heterocycles. The maximum atomic E-state index is 13.5. The smallest absolute Gasteiger partial charge is 0.311 e. The number of halogens is 2. The van der Waals surface area contributed by atoms with Crippen molar-refractivity contribution in [2.75, 3.05) is 5.32 Å². The van der Waals surface area contributed by atoms with E-state index in [0.717, 1.165) is 4.47 Å². The van der Waals surface area contributed by atoms with Crippen molar-refractivity contribution in [1.82, 2.24) is 0 Å². The largest absolute Gasteiger partial charge is 0.452 e. The van der Waals surface area contributed by atoms with Gasteiger partial charge in [0.15, 0.2) is 6.10 Å². The molecular formula is C17H15BrFNO3. The van der Waals surface area contributed by atoms with E-state index in [2.05, 4.69) is 21.2 Å². The Balaban J connectivity index is 1.89. The molecule has 0 spiro atoms. The van der Waals surface area contributed by atoms with E-state index in [9.17, 15) is 14.0 Å². The van der Waals surface area contributed by atoms with Crippen molar-refractivity contribution in [3.8, 4) is 0 Å². The fraction of sp³-hybridized carbons (Fsp3) is 0.176. The number of nitrogens with one attached hydrogen (secondary N) is 1. The Bertz CT molecular complexity index is 703. The van der Waals surface area contributed by atoms with Gasteiger partial charge in [0.2, 0.25) is 0 Å². The summed E-state index contributed by atoms with van der Waals surface area (Å²) >= 11 is 3.30. The van der Waals surface area contributed by atoms with E-state index in [1.54, 1.807) is 36.4 Å². The molecule has 0 unspecified atom stereocenters. The molecule has 23 heavy (non-hydrogen) atoms. The molecule has 0 aliphatic rings. The second-order valence-corrected chi connectivity index (χ2v) is 5.81. The normalized spacial score (nSPS) is 11.6. The molecule has 2 rings (SSSR count). The molecular weight excluding hydrogens is 365 g/mol. The Labute approximate surface area is 141 Å². The van der Waals surface area contributed by atoms with Crippen LogP contribution < -0.4 is 5.32 Å². The summed E-state index contributed by atoms with van der Waals surface area (Å²) in [7, 11) is 0. The highest BCUT2D eigenvalue weighted by Crippen LogP contribution is 2.15. The van der Waals surface area contributed by atoms with Crippen molar-refractivity contribution in [3.05, 3.63) is 64.4 Å². The molecule has 0 saturated heterocycles. The van der Waals surface area contributed by atoms with Crippen molar-refractivity contribution >= 4 is 33.5 Å². The maximum Gasteiger partial charge on any atom is 0.311 e. The van der Waals surface area contributed by atoms with Gasteiger partial charge in [0.1, 0.15) is 5.82 Å². The number of amides is 1. The summed E-state index contributed by atoms with van der Waals surface area (Å²) in [5.41, 5.74) is 0.827. The van der Waals surface area contributed by atoms with E-state index in [0.29, 0.717) is 5.69 Å². The summed E-state index contributed by atoms with van der Waals surface area (Å²) in [6.45, 7) is 1.47. The summed E-state index contributed by atoms with van der Waals surface area (Å²) < 4.78 is 19.4. The van der Waals surface area contributed by atoms with Crippen LogP contribution in [0.4, 0.5) is 10.1 Å². The van der Waals surface area contributed by atoms with Gasteiger partial charge in [-0.1, -0.05) is 34.1 Å². The Morgan fingerprint density at radius 2 is 1.83 bits per heavy atom. The second kappa shape index (κ2) is 7.87. The van der Waals surface area contributed by atoms with Crippen LogP contribution in [0.2, 0.25) is 0 Å². The predicted molar refractivity (Wildman–Crippen MR) is 88.4 cm³/mol. The van der Waals surface area contributed by atoms with Gasteiger partial charge in [-0.2, -0.15) is 0 Å². The molecule has 2 aromatic rings. The van der Waals surface area contributed by atoms with Crippen molar-refractivity contribution in [2.45, 2.75) is 19.4 Å². The third kappa shape index (κ3) is 5.17. The van der Waals surface area contributed by atoms with Crippen LogP contribution in [0.15, 0.2) is 53.0 Å². The average molecular weight is 380 g/mol. The van der Waals surface area contributed by atoms with Gasteiger partial charge in [0.25, 0.3) is 5.91 Å². The third-order valence-corrected chi connectivity index (χ3v) is 3.61. The van der Waals surface area contributed by atoms with Crippen molar-refractivity contribution in [2.24, 2.45) is 0 Å². The van der Waals surface area contributed by atoms with Gasteiger partial charge < -0.3 is 10.1 Å². The number of carbonyl (C=O) groups is 2. The first-order chi connectivity index (χ1) is 11.0. The van der Waals surface area contributed by atoms with Gasteiger partial charge in [-0.3, -0.25) is 9.59 Å². The van der Waals surface area contributed by atoms with Crippen LogP contribution >= 0.6 is 15.9 Å². The van der Waals surface area contributed by atoms with Crippen LogP contribution in [0.25, 0.3) is 0 Å². The molecule has 0 aliphatic heterocycles. The number of benzene rings is 2. The summed E-state index contributed by atoms with van der Waals surface area (Å²) in [5, 5.41) is 2.64. The Morgan fingerprint density at radius 3 is 2.48 bits per heavy atom. The summed E-state index contributed by atoms with van der Waals surface area (Å²) in [5.74, 6) is -1.58. The van der Waals surface area contributed by atoms with Gasteiger partial charge in [-0.05, 0) is 42.8 Å². The van der Waals surface area contributed by atoms with E-state index in [-0.39, 0.29) is 12.0 Å². The van der Waals surface area contributed by atoms with E-state index in [4.69, 9.17) is 4.74 Å². The minimum Gasteiger partial charge on any atom is -0.452 e. The average Bonchev–Trinajstić information content (AvgIpc) is 2.51. The number of hydrogen-bond donors (Lipinski definition) is 1. The molecule has 0 aliphatic carbocycles. The molecule has 0 aromatic heterocycles. The van der Waals surface area contributed by atoms with Crippen LogP contribution in [0.1, 0.15) is 12.5 Å². The summed E-state index contributed by atoms with van der Waals surface area (Å²) in [4.78, 5) is 23.8. The number of ether oxygens (including phenoxy) is 1. The third-order valence-electron chi connectivity index (χ3n) is 3.08. The fourth-order valence-electron chi connectivity index (χ4n) is 1.87. The maximum absolute atomic E-state index is 13.5. The van der Waals surface area contributed by atoms with Gasteiger partial charge in [0.05, 0.1) is 6.42 Å². The topological polar surface area (TPSA) is 55.4 Å². The van der Waals surface area contributed by atoms with Crippen LogP contribution in [-0.2, 0) is 20.7 Å². The molecule has 1 N–H and O–H groups in total. The molecule has 2 aromatic carbocycles. The molecule has 1 atom stereocenters. The van der Waals surface area contributed by atoms with E-state index < -0.39 is 23.8 Å². The van der Waals surface area contributed by atoms with Crippen LogP contribution in [-0.4, -0.2) is 18.0 Å². The fourth-order valence-corrected chi connectivity index (χ4v) is 2.13. The molecule has 0 radical (unpaired) electrons. The molecule has 0 saturated carbocycles. The zero-order valence-electron chi connectivity index (χ0n) is 12.4. The minimum atomic E-state index is -0.974. The van der Waals surface area contributed by atoms with Crippen molar-refractivity contribution in [3.63, 3.8) is 0 Å². The second-order valence-electron chi connectivity index (χ2n) is 4.90. The SMILES string of the molecule is C[C@H](OC(=O)Cc1ccccc1F)C(=O)Nc1ccc(Br)cc1. The zero-order chi connectivity index (χ0) is 16.8. The quantitative estimate of drug-likeness (QED) is 0.805. The van der Waals surface area contributed by atoms with Gasteiger partial charge in [-0.15, -0.1) is 0 Å². The molecule has 0 bridgehead atoms. The Morgan fingerprint density at radius 1 is 1.17 bits per heavy atom. The number of carbonyl (C=O) groups excluding carboxylic acids is 2. The van der Waals surface area contributed by atoms with Crippen molar-refractivity contribution < 1.29 is 18.7 Å². The molecule has 120 valence electrons. The molecule has 0 fully saturated rings. The monoisotopic (exact) mass is 379 g/mol. The number of hydrogen-bond acceptors (Lipinski definition) is 3. The highest BCUT2D eigenvalue weighted by atomic mass is 79.9. The first-order valence-corrected chi connectivity index (χ1v) is 7.74. The van der Waals surface area contributed by atoms with Crippen LogP contribution in [0, 0.1) is 5.82 Å². The predicted octanol–water partition coefficient (Wildman–Crippen LogP) is 3.70. The van der Waals surface area contributed by atoms with E-state index >= 15 is 0 Å². The lowest BCUT2D eigenvalue weighted by molar-refractivity contribution is -0.152. The number of anilines is 1. The first-order valence-electron chi connectivity index (χ1n) is 6.95. The van der Waals surface area contributed by atoms with E-state index in [1.165, 1.54) is 19.1 Å². The zero-order valence-corrected chi connectivity index (χ0v) is 14.0. The number of esters is 1. The molecule has 4 nitrogen and oxygen atoms in total. The lowest BCUT2D eigenvalue weighted by Gasteiger charge is -2.13. The van der Waals surface area contributed by atoms with Crippen LogP contribution in [0.3, 0.4) is 0 Å². The molecule has 6 heteroatoms. The van der Waals surface area contributed by atoms with Gasteiger partial charge in [-0.25, -0.2) is 4.39 Å². The highest BCUT2D eigenvalue weighted by molar-refractivity contribution is 9.10. The summed E-state index contributed by atoms with van der Waals surface area (Å²) in [6.07, 6.45) is -1.19. The minimum absolute atomic E-state index is 0.220. The Kier molecular flexibility index (Phi) is 5.87. The summed E-state index contributed by atoms with van der Waals surface area (Å²) in [6, 6.07) is 12.9. The van der Waals surface area contributed by atoms with Gasteiger partial charge >= 0.3 is 5.97 Å². The standard InChI is InChI=1S/C17H15BrFNO3/c1-11(17(22)20-14-8-6-13(18)7-9-14)23-16(21)10-12-4-2-3-5-15(12)19/h2-9,11H,10H2,1H3,(H,20,22)/t11-/m0/s1. The first kappa shape index (κ1) is 17.1. The Hall–Kier alpha value is -2.21. The highest BCUT2D eigenvalue weighted by Gasteiger charge is 2.19. The number of rotatable bonds is 5.